The topological polar surface area (TPSA) is 73.7 Å². The van der Waals surface area contributed by atoms with Gasteiger partial charge in [0.05, 0.1) is 0 Å². The van der Waals surface area contributed by atoms with E-state index in [-0.39, 0.29) is 5.54 Å². The van der Waals surface area contributed by atoms with Gasteiger partial charge < -0.3 is 10.0 Å². The average Bonchev–Trinajstić information content (AvgIpc) is 3.06. The Labute approximate surface area is 184 Å². The molecular weight excluding hydrogens is 423 g/mol. The molecule has 3 heterocycles. The van der Waals surface area contributed by atoms with Crippen molar-refractivity contribution in [3.63, 3.8) is 0 Å². The van der Waals surface area contributed by atoms with Crippen molar-refractivity contribution in [2.45, 2.75) is 50.5 Å². The van der Waals surface area contributed by atoms with E-state index in [2.05, 4.69) is 45.1 Å². The Hall–Kier alpha value is -2.94. The van der Waals surface area contributed by atoms with Crippen molar-refractivity contribution in [3.05, 3.63) is 66.0 Å². The Morgan fingerprint density at radius 3 is 2.19 bits per heavy atom. The van der Waals surface area contributed by atoms with Gasteiger partial charge in [0, 0.05) is 50.5 Å². The Balaban J connectivity index is 0.000000360. The number of carbonyl (C=O) groups excluding carboxylic acids is 1. The van der Waals surface area contributed by atoms with Gasteiger partial charge in [0.2, 0.25) is 5.91 Å². The molecule has 32 heavy (non-hydrogen) atoms. The molecule has 2 aliphatic heterocycles. The van der Waals surface area contributed by atoms with Gasteiger partial charge in [-0.1, -0.05) is 36.4 Å². The lowest BCUT2D eigenvalue weighted by molar-refractivity contribution is -0.192. The lowest BCUT2D eigenvalue weighted by Gasteiger charge is -2.45. The fourth-order valence-electron chi connectivity index (χ4n) is 4.29. The van der Waals surface area contributed by atoms with E-state index in [1.165, 1.54) is 11.1 Å². The summed E-state index contributed by atoms with van der Waals surface area (Å²) in [6.45, 7) is 3.81. The highest BCUT2D eigenvalue weighted by atomic mass is 19.4. The zero-order valence-corrected chi connectivity index (χ0v) is 17.6. The van der Waals surface area contributed by atoms with E-state index in [1.807, 2.05) is 24.5 Å². The highest BCUT2D eigenvalue weighted by Crippen LogP contribution is 2.40. The second kappa shape index (κ2) is 10.1. The second-order valence-electron chi connectivity index (χ2n) is 8.13. The number of carbonyl (C=O) groups is 2. The van der Waals surface area contributed by atoms with Gasteiger partial charge in [0.1, 0.15) is 0 Å². The Kier molecular flexibility index (Phi) is 7.50. The first-order valence-electron chi connectivity index (χ1n) is 10.5. The number of carboxylic acids is 1. The Morgan fingerprint density at radius 2 is 1.62 bits per heavy atom. The van der Waals surface area contributed by atoms with Crippen LogP contribution in [0.25, 0.3) is 0 Å². The zero-order valence-electron chi connectivity index (χ0n) is 17.6. The van der Waals surface area contributed by atoms with Crippen molar-refractivity contribution in [1.29, 1.82) is 0 Å². The number of alkyl halides is 3. The molecule has 0 bridgehead atoms. The predicted octanol–water partition coefficient (Wildman–Crippen LogP) is 3.87. The van der Waals surface area contributed by atoms with E-state index in [0.29, 0.717) is 12.3 Å². The minimum Gasteiger partial charge on any atom is -0.475 e. The van der Waals surface area contributed by atoms with Crippen molar-refractivity contribution >= 4 is 11.9 Å². The van der Waals surface area contributed by atoms with Crippen LogP contribution in [-0.4, -0.2) is 56.6 Å². The first kappa shape index (κ1) is 23.7. The fraction of sp³-hybridized carbons (Fsp3) is 0.435. The molecule has 2 saturated heterocycles. The van der Waals surface area contributed by atoms with E-state index in [4.69, 9.17) is 9.90 Å². The number of likely N-dealkylation sites (tertiary alicyclic amines) is 2. The van der Waals surface area contributed by atoms with Crippen molar-refractivity contribution in [2.24, 2.45) is 0 Å². The third-order valence-electron chi connectivity index (χ3n) is 6.02. The highest BCUT2D eigenvalue weighted by Gasteiger charge is 2.46. The number of amides is 1. The fourth-order valence-corrected chi connectivity index (χ4v) is 4.29. The number of benzene rings is 1. The SMILES string of the molecule is O=C(O)C(F)(F)F.O=C1CCC2(CCN(Cc3cccnc3)CC2)N1Cc1ccccc1. The molecule has 172 valence electrons. The molecule has 6 nitrogen and oxygen atoms in total. The van der Waals surface area contributed by atoms with Gasteiger partial charge >= 0.3 is 12.1 Å². The minimum atomic E-state index is -5.08. The maximum absolute atomic E-state index is 12.5. The highest BCUT2D eigenvalue weighted by molar-refractivity contribution is 5.79. The average molecular weight is 449 g/mol. The largest absolute Gasteiger partial charge is 0.490 e. The van der Waals surface area contributed by atoms with Gasteiger partial charge in [-0.25, -0.2) is 4.79 Å². The van der Waals surface area contributed by atoms with Crippen molar-refractivity contribution < 1.29 is 27.9 Å². The molecule has 1 N–H and O–H groups in total. The van der Waals surface area contributed by atoms with Crippen LogP contribution in [0.2, 0.25) is 0 Å². The number of rotatable bonds is 4. The molecule has 1 amide bonds. The number of piperidine rings is 1. The third-order valence-corrected chi connectivity index (χ3v) is 6.02. The molecule has 0 radical (unpaired) electrons. The number of pyridine rings is 1. The van der Waals surface area contributed by atoms with E-state index in [9.17, 15) is 18.0 Å². The van der Waals surface area contributed by atoms with Gasteiger partial charge in [-0.15, -0.1) is 0 Å². The summed E-state index contributed by atoms with van der Waals surface area (Å²) < 4.78 is 31.7. The predicted molar refractivity (Wildman–Crippen MR) is 111 cm³/mol. The van der Waals surface area contributed by atoms with Crippen molar-refractivity contribution in [1.82, 2.24) is 14.8 Å². The molecule has 0 aliphatic carbocycles. The number of aliphatic carboxylic acids is 1. The van der Waals surface area contributed by atoms with Gasteiger partial charge in [-0.3, -0.25) is 14.7 Å². The summed E-state index contributed by atoms with van der Waals surface area (Å²) in [6.07, 6.45) is 2.55. The molecule has 1 aromatic heterocycles. The van der Waals surface area contributed by atoms with Gasteiger partial charge in [0.15, 0.2) is 0 Å². The van der Waals surface area contributed by atoms with Crippen LogP contribution in [0.15, 0.2) is 54.9 Å². The Morgan fingerprint density at radius 1 is 1.00 bits per heavy atom. The van der Waals surface area contributed by atoms with E-state index in [1.54, 1.807) is 0 Å². The molecule has 2 aliphatic rings. The van der Waals surface area contributed by atoms with E-state index < -0.39 is 12.1 Å². The summed E-state index contributed by atoms with van der Waals surface area (Å²) in [5.41, 5.74) is 2.57. The number of hydrogen-bond donors (Lipinski definition) is 1. The third kappa shape index (κ3) is 6.06. The number of aromatic nitrogens is 1. The molecule has 0 atom stereocenters. The molecule has 1 spiro atoms. The van der Waals surface area contributed by atoms with Crippen LogP contribution < -0.4 is 0 Å². The number of nitrogens with zero attached hydrogens (tertiary/aromatic N) is 3. The molecular formula is C23H26F3N3O3. The van der Waals surface area contributed by atoms with Crippen LogP contribution in [0.4, 0.5) is 13.2 Å². The van der Waals surface area contributed by atoms with Crippen LogP contribution in [0.5, 0.6) is 0 Å². The number of halogens is 3. The second-order valence-corrected chi connectivity index (χ2v) is 8.13. The van der Waals surface area contributed by atoms with Gasteiger partial charge in [-0.2, -0.15) is 13.2 Å². The molecule has 0 unspecified atom stereocenters. The van der Waals surface area contributed by atoms with E-state index >= 15 is 0 Å². The molecule has 2 aromatic rings. The maximum Gasteiger partial charge on any atom is 0.490 e. The van der Waals surface area contributed by atoms with Crippen LogP contribution in [0.3, 0.4) is 0 Å². The lowest BCUT2D eigenvalue weighted by Crippen LogP contribution is -2.52. The summed E-state index contributed by atoms with van der Waals surface area (Å²) in [4.78, 5) is 30.3. The van der Waals surface area contributed by atoms with Gasteiger partial charge in [-0.05, 0) is 36.5 Å². The van der Waals surface area contributed by atoms with Crippen LogP contribution in [0, 0.1) is 0 Å². The molecule has 1 aromatic carbocycles. The number of hydrogen-bond acceptors (Lipinski definition) is 4. The van der Waals surface area contributed by atoms with Crippen LogP contribution >= 0.6 is 0 Å². The molecule has 2 fully saturated rings. The summed E-state index contributed by atoms with van der Waals surface area (Å²) in [6, 6.07) is 14.5. The van der Waals surface area contributed by atoms with E-state index in [0.717, 1.165) is 45.4 Å². The first-order chi connectivity index (χ1) is 15.2. The summed E-state index contributed by atoms with van der Waals surface area (Å²) >= 11 is 0. The first-order valence-corrected chi connectivity index (χ1v) is 10.5. The van der Waals surface area contributed by atoms with Crippen LogP contribution in [-0.2, 0) is 22.7 Å². The minimum absolute atomic E-state index is 0.0678. The van der Waals surface area contributed by atoms with Gasteiger partial charge in [0.25, 0.3) is 0 Å². The maximum atomic E-state index is 12.5. The number of carboxylic acid groups (broad SMARTS) is 1. The standard InChI is InChI=1S/C21H25N3O.C2HF3O2/c25-20-8-9-21(24(20)17-18-5-2-1-3-6-18)10-13-23(14-11-21)16-19-7-4-12-22-15-19;3-2(4,5)1(6)7/h1-7,12,15H,8-11,13-14,16-17H2;(H,6,7). The summed E-state index contributed by atoms with van der Waals surface area (Å²) in [7, 11) is 0. The quantitative estimate of drug-likeness (QED) is 0.767. The molecule has 9 heteroatoms. The Bertz CT molecular complexity index is 899. The van der Waals surface area contributed by atoms with Crippen LogP contribution in [0.1, 0.15) is 36.8 Å². The monoisotopic (exact) mass is 449 g/mol. The van der Waals surface area contributed by atoms with Crippen molar-refractivity contribution in [3.8, 4) is 0 Å². The molecule has 4 rings (SSSR count). The lowest BCUT2D eigenvalue weighted by atomic mass is 9.84. The zero-order chi connectivity index (χ0) is 23.2. The van der Waals surface area contributed by atoms with Crippen molar-refractivity contribution in [2.75, 3.05) is 13.1 Å². The normalized spacial score (nSPS) is 18.3. The summed E-state index contributed by atoms with van der Waals surface area (Å²) in [5, 5.41) is 7.12. The molecule has 0 saturated carbocycles. The summed E-state index contributed by atoms with van der Waals surface area (Å²) in [5.74, 6) is -2.43. The smallest absolute Gasteiger partial charge is 0.475 e.